The lowest BCUT2D eigenvalue weighted by Gasteiger charge is -2.12. The van der Waals surface area contributed by atoms with E-state index in [1.54, 1.807) is 0 Å². The summed E-state index contributed by atoms with van der Waals surface area (Å²) in [6.45, 7) is 0. The SMILES string of the molecule is [N-]=[N+]=Nc1ccc([N+](=O)[O-])c(C(=O)N2C(=O)CCC2=O)c1. The van der Waals surface area contributed by atoms with E-state index in [0.717, 1.165) is 18.2 Å². The molecule has 0 aliphatic carbocycles. The van der Waals surface area contributed by atoms with Crippen LogP contribution in [0, 0.1) is 10.1 Å². The molecule has 1 aliphatic heterocycles. The molecule has 0 bridgehead atoms. The van der Waals surface area contributed by atoms with Crippen LogP contribution in [-0.4, -0.2) is 27.5 Å². The van der Waals surface area contributed by atoms with E-state index in [-0.39, 0.29) is 18.5 Å². The lowest BCUT2D eigenvalue weighted by Crippen LogP contribution is -2.35. The zero-order chi connectivity index (χ0) is 15.6. The Bertz CT molecular complexity index is 706. The highest BCUT2D eigenvalue weighted by molar-refractivity contribution is 6.20. The zero-order valence-electron chi connectivity index (χ0n) is 10.4. The average Bonchev–Trinajstić information content (AvgIpc) is 2.77. The second-order valence-corrected chi connectivity index (χ2v) is 4.08. The van der Waals surface area contributed by atoms with Crippen molar-refractivity contribution in [2.75, 3.05) is 0 Å². The molecule has 0 spiro atoms. The summed E-state index contributed by atoms with van der Waals surface area (Å²) < 4.78 is 0. The number of carbonyl (C=O) groups excluding carboxylic acids is 3. The summed E-state index contributed by atoms with van der Waals surface area (Å²) in [5.41, 5.74) is 7.25. The molecule has 106 valence electrons. The summed E-state index contributed by atoms with van der Waals surface area (Å²) in [7, 11) is 0. The van der Waals surface area contributed by atoms with E-state index < -0.39 is 33.9 Å². The van der Waals surface area contributed by atoms with Gasteiger partial charge in [0.15, 0.2) is 0 Å². The van der Waals surface area contributed by atoms with Crippen molar-refractivity contribution in [1.29, 1.82) is 0 Å². The van der Waals surface area contributed by atoms with Crippen molar-refractivity contribution in [3.05, 3.63) is 44.3 Å². The highest BCUT2D eigenvalue weighted by atomic mass is 16.6. The summed E-state index contributed by atoms with van der Waals surface area (Å²) in [6.07, 6.45) is -0.233. The van der Waals surface area contributed by atoms with Gasteiger partial charge in [-0.1, -0.05) is 5.11 Å². The van der Waals surface area contributed by atoms with E-state index in [1.165, 1.54) is 0 Å². The van der Waals surface area contributed by atoms with E-state index in [2.05, 4.69) is 10.0 Å². The molecule has 0 atom stereocenters. The third-order valence-electron chi connectivity index (χ3n) is 2.82. The quantitative estimate of drug-likeness (QED) is 0.208. The number of hydrogen-bond donors (Lipinski definition) is 0. The van der Waals surface area contributed by atoms with Crippen molar-refractivity contribution in [3.63, 3.8) is 0 Å². The van der Waals surface area contributed by atoms with Crippen LogP contribution < -0.4 is 0 Å². The van der Waals surface area contributed by atoms with Crippen molar-refractivity contribution in [2.45, 2.75) is 12.8 Å². The molecule has 1 aliphatic rings. The number of nitro groups is 1. The molecule has 1 aromatic carbocycles. The van der Waals surface area contributed by atoms with Crippen LogP contribution in [0.3, 0.4) is 0 Å². The molecule has 0 aromatic heterocycles. The first-order chi connectivity index (χ1) is 9.95. The van der Waals surface area contributed by atoms with Gasteiger partial charge in [-0.15, -0.1) is 0 Å². The molecule has 1 fully saturated rings. The Morgan fingerprint density at radius 2 is 1.95 bits per heavy atom. The molecule has 2 rings (SSSR count). The second kappa shape index (κ2) is 5.39. The Kier molecular flexibility index (Phi) is 3.63. The number of nitrogens with zero attached hydrogens (tertiary/aromatic N) is 5. The monoisotopic (exact) mass is 289 g/mol. The third-order valence-corrected chi connectivity index (χ3v) is 2.82. The number of hydrogen-bond acceptors (Lipinski definition) is 6. The van der Waals surface area contributed by atoms with Crippen LogP contribution in [0.1, 0.15) is 23.2 Å². The predicted octanol–water partition coefficient (Wildman–Crippen LogP) is 1.83. The fraction of sp³-hybridized carbons (Fsp3) is 0.182. The smallest absolute Gasteiger partial charge is 0.274 e. The van der Waals surface area contributed by atoms with Crippen molar-refractivity contribution in [2.24, 2.45) is 5.11 Å². The van der Waals surface area contributed by atoms with Gasteiger partial charge in [-0.25, -0.2) is 4.90 Å². The highest BCUT2D eigenvalue weighted by Crippen LogP contribution is 2.27. The van der Waals surface area contributed by atoms with Gasteiger partial charge in [0.25, 0.3) is 11.6 Å². The van der Waals surface area contributed by atoms with Crippen molar-refractivity contribution < 1.29 is 19.3 Å². The Balaban J connectivity index is 2.54. The molecule has 21 heavy (non-hydrogen) atoms. The van der Waals surface area contributed by atoms with Crippen LogP contribution in [0.5, 0.6) is 0 Å². The number of imide groups is 3. The highest BCUT2D eigenvalue weighted by Gasteiger charge is 2.37. The summed E-state index contributed by atoms with van der Waals surface area (Å²) in [5.74, 6) is -2.52. The maximum absolute atomic E-state index is 12.2. The van der Waals surface area contributed by atoms with Gasteiger partial charge in [-0.2, -0.15) is 0 Å². The standard InChI is InChI=1S/C11H7N5O5/c12-14-13-6-1-2-8(16(20)21)7(5-6)11(19)15-9(17)3-4-10(15)18/h1-2,5H,3-4H2. The molecule has 10 nitrogen and oxygen atoms in total. The maximum Gasteiger partial charge on any atom is 0.282 e. The molecular weight excluding hydrogens is 282 g/mol. The van der Waals surface area contributed by atoms with Gasteiger partial charge >= 0.3 is 0 Å². The molecule has 0 unspecified atom stereocenters. The van der Waals surface area contributed by atoms with Gasteiger partial charge in [0.1, 0.15) is 5.56 Å². The van der Waals surface area contributed by atoms with Crippen LogP contribution >= 0.6 is 0 Å². The number of azide groups is 1. The normalized spacial score (nSPS) is 14.0. The van der Waals surface area contributed by atoms with Crippen LogP contribution in [0.25, 0.3) is 10.4 Å². The molecule has 0 N–H and O–H groups in total. The van der Waals surface area contributed by atoms with E-state index >= 15 is 0 Å². The van der Waals surface area contributed by atoms with E-state index in [0.29, 0.717) is 4.90 Å². The lowest BCUT2D eigenvalue weighted by molar-refractivity contribution is -0.385. The van der Waals surface area contributed by atoms with E-state index in [9.17, 15) is 24.5 Å². The molecular formula is C11H7N5O5. The minimum atomic E-state index is -1.09. The maximum atomic E-state index is 12.2. The second-order valence-electron chi connectivity index (χ2n) is 4.08. The Hall–Kier alpha value is -3.26. The Labute approximate surface area is 116 Å². The minimum Gasteiger partial charge on any atom is -0.274 e. The molecule has 0 radical (unpaired) electrons. The molecule has 3 amide bonds. The number of likely N-dealkylation sites (tertiary alicyclic amines) is 1. The third kappa shape index (κ3) is 2.55. The van der Waals surface area contributed by atoms with Gasteiger partial charge in [-0.05, 0) is 17.7 Å². The number of carbonyl (C=O) groups is 3. The number of benzene rings is 1. The fourth-order valence-corrected chi connectivity index (χ4v) is 1.89. The first-order valence-electron chi connectivity index (χ1n) is 5.69. The molecule has 1 aromatic rings. The van der Waals surface area contributed by atoms with Crippen molar-refractivity contribution >= 4 is 29.1 Å². The first kappa shape index (κ1) is 14.2. The summed E-state index contributed by atoms with van der Waals surface area (Å²) >= 11 is 0. The van der Waals surface area contributed by atoms with Crippen LogP contribution in [0.4, 0.5) is 11.4 Å². The predicted molar refractivity (Wildman–Crippen MR) is 67.3 cm³/mol. The number of nitro benzene ring substituents is 1. The summed E-state index contributed by atoms with van der Waals surface area (Å²) in [5, 5.41) is 14.2. The van der Waals surface area contributed by atoms with Crippen LogP contribution in [-0.2, 0) is 9.59 Å². The summed E-state index contributed by atoms with van der Waals surface area (Å²) in [4.78, 5) is 48.2. The van der Waals surface area contributed by atoms with Crippen molar-refractivity contribution in [3.8, 4) is 0 Å². The largest absolute Gasteiger partial charge is 0.282 e. The van der Waals surface area contributed by atoms with Gasteiger partial charge in [0, 0.05) is 29.5 Å². The zero-order valence-corrected chi connectivity index (χ0v) is 10.4. The van der Waals surface area contributed by atoms with Gasteiger partial charge < -0.3 is 0 Å². The molecule has 10 heteroatoms. The molecule has 0 saturated carbocycles. The lowest BCUT2D eigenvalue weighted by atomic mass is 10.1. The van der Waals surface area contributed by atoms with Gasteiger partial charge in [0.2, 0.25) is 11.8 Å². The van der Waals surface area contributed by atoms with E-state index in [4.69, 9.17) is 5.53 Å². The van der Waals surface area contributed by atoms with Gasteiger partial charge in [0.05, 0.1) is 4.92 Å². The summed E-state index contributed by atoms with van der Waals surface area (Å²) in [6, 6.07) is 3.10. The minimum absolute atomic E-state index is 0.0365. The van der Waals surface area contributed by atoms with Crippen LogP contribution in [0.2, 0.25) is 0 Å². The Morgan fingerprint density at radius 1 is 1.33 bits per heavy atom. The van der Waals surface area contributed by atoms with Crippen LogP contribution in [0.15, 0.2) is 23.3 Å². The topological polar surface area (TPSA) is 146 Å². The number of amides is 3. The Morgan fingerprint density at radius 3 is 2.48 bits per heavy atom. The molecule has 1 heterocycles. The fourth-order valence-electron chi connectivity index (χ4n) is 1.89. The molecule has 1 saturated heterocycles. The van der Waals surface area contributed by atoms with E-state index in [1.807, 2.05) is 0 Å². The van der Waals surface area contributed by atoms with Gasteiger partial charge in [-0.3, -0.25) is 24.5 Å². The first-order valence-corrected chi connectivity index (χ1v) is 5.69. The average molecular weight is 289 g/mol. The van der Waals surface area contributed by atoms with Crippen molar-refractivity contribution in [1.82, 2.24) is 4.90 Å². The number of rotatable bonds is 3.